The molecule has 1 unspecified atom stereocenters. The van der Waals surface area contributed by atoms with E-state index in [1.807, 2.05) is 13.0 Å². The molecule has 1 atom stereocenters. The van der Waals surface area contributed by atoms with E-state index in [4.69, 9.17) is 5.73 Å². The summed E-state index contributed by atoms with van der Waals surface area (Å²) in [6.45, 7) is 1.89. The molecule has 3 aromatic rings. The maximum atomic E-state index is 14.2. The first-order valence-corrected chi connectivity index (χ1v) is 6.25. The molecule has 102 valence electrons. The highest BCUT2D eigenvalue weighted by molar-refractivity contribution is 5.98. The van der Waals surface area contributed by atoms with E-state index in [0.717, 1.165) is 11.2 Å². The zero-order valence-corrected chi connectivity index (χ0v) is 10.9. The van der Waals surface area contributed by atoms with E-state index in [0.29, 0.717) is 16.9 Å². The van der Waals surface area contributed by atoms with E-state index in [1.54, 1.807) is 24.7 Å². The Balaban J connectivity index is 2.07. The van der Waals surface area contributed by atoms with Gasteiger partial charge >= 0.3 is 0 Å². The quantitative estimate of drug-likeness (QED) is 0.640. The van der Waals surface area contributed by atoms with Crippen LogP contribution in [0.5, 0.6) is 0 Å². The number of nitrogens with one attached hydrogen (secondary N) is 2. The molecule has 1 aromatic carbocycles. The summed E-state index contributed by atoms with van der Waals surface area (Å²) in [5.41, 5.74) is 7.05. The summed E-state index contributed by atoms with van der Waals surface area (Å²) in [5.74, 6) is 0.303. The predicted octanol–water partition coefficient (Wildman–Crippen LogP) is 2.85. The van der Waals surface area contributed by atoms with Crippen molar-refractivity contribution in [3.05, 3.63) is 48.4 Å². The molecule has 5 nitrogen and oxygen atoms in total. The van der Waals surface area contributed by atoms with Crippen LogP contribution in [0.4, 0.5) is 15.8 Å². The summed E-state index contributed by atoms with van der Waals surface area (Å²) in [5, 5.41) is 3.82. The molecule has 0 saturated carbocycles. The van der Waals surface area contributed by atoms with Gasteiger partial charge in [0.25, 0.3) is 0 Å². The Bertz CT molecular complexity index is 739. The molecule has 20 heavy (non-hydrogen) atoms. The number of halogens is 1. The van der Waals surface area contributed by atoms with Crippen LogP contribution < -0.4 is 11.1 Å². The Morgan fingerprint density at radius 3 is 2.95 bits per heavy atom. The lowest BCUT2D eigenvalue weighted by Gasteiger charge is -2.16. The van der Waals surface area contributed by atoms with Crippen molar-refractivity contribution in [3.63, 3.8) is 0 Å². The van der Waals surface area contributed by atoms with E-state index < -0.39 is 5.82 Å². The van der Waals surface area contributed by atoms with Crippen molar-refractivity contribution in [1.82, 2.24) is 15.0 Å². The van der Waals surface area contributed by atoms with Crippen molar-refractivity contribution in [1.29, 1.82) is 0 Å². The summed E-state index contributed by atoms with van der Waals surface area (Å²) in [4.78, 5) is 11.4. The average Bonchev–Trinajstić information content (AvgIpc) is 2.97. The zero-order chi connectivity index (χ0) is 14.1. The van der Waals surface area contributed by atoms with Gasteiger partial charge in [0, 0.05) is 29.7 Å². The Hall–Kier alpha value is -2.63. The second kappa shape index (κ2) is 4.80. The average molecular weight is 271 g/mol. The first-order valence-electron chi connectivity index (χ1n) is 6.25. The number of fused-ring (bicyclic) bond motifs is 1. The van der Waals surface area contributed by atoms with E-state index >= 15 is 0 Å². The van der Waals surface area contributed by atoms with Crippen LogP contribution >= 0.6 is 0 Å². The van der Waals surface area contributed by atoms with Crippen LogP contribution in [-0.4, -0.2) is 15.0 Å². The molecule has 0 radical (unpaired) electrons. The van der Waals surface area contributed by atoms with Gasteiger partial charge in [-0.1, -0.05) is 0 Å². The molecular weight excluding hydrogens is 257 g/mol. The minimum Gasteiger partial charge on any atom is -0.398 e. The fraction of sp³-hybridized carbons (Fsp3) is 0.143. The number of nitrogens with zero attached hydrogens (tertiary/aromatic N) is 2. The Morgan fingerprint density at radius 2 is 2.20 bits per heavy atom. The summed E-state index contributed by atoms with van der Waals surface area (Å²) >= 11 is 0. The van der Waals surface area contributed by atoms with Crippen LogP contribution in [-0.2, 0) is 0 Å². The summed E-state index contributed by atoms with van der Waals surface area (Å²) in [6, 6.07) is 4.73. The highest BCUT2D eigenvalue weighted by Gasteiger charge is 2.15. The number of nitrogens with two attached hydrogens (primary N) is 1. The third kappa shape index (κ3) is 2.05. The number of aromatic amines is 1. The third-order valence-electron chi connectivity index (χ3n) is 3.17. The van der Waals surface area contributed by atoms with Gasteiger partial charge in [-0.05, 0) is 25.1 Å². The molecule has 0 aliphatic carbocycles. The van der Waals surface area contributed by atoms with Crippen LogP contribution in [0.1, 0.15) is 18.8 Å². The van der Waals surface area contributed by atoms with Gasteiger partial charge in [-0.2, -0.15) is 0 Å². The second-order valence-corrected chi connectivity index (χ2v) is 4.56. The maximum absolute atomic E-state index is 14.2. The molecule has 0 amide bonds. The van der Waals surface area contributed by atoms with Crippen molar-refractivity contribution < 1.29 is 4.39 Å². The minimum atomic E-state index is -0.424. The molecule has 2 aromatic heterocycles. The predicted molar refractivity (Wildman–Crippen MR) is 76.7 cm³/mol. The number of anilines is 2. The first kappa shape index (κ1) is 12.4. The van der Waals surface area contributed by atoms with Gasteiger partial charge in [0.2, 0.25) is 0 Å². The maximum Gasteiger partial charge on any atom is 0.150 e. The van der Waals surface area contributed by atoms with Crippen LogP contribution in [0.3, 0.4) is 0 Å². The SMILES string of the molecule is CC(Nc1c(F)cc(N)c2cccnc12)c1ncc[nH]1. The fourth-order valence-electron chi connectivity index (χ4n) is 2.17. The van der Waals surface area contributed by atoms with Crippen LogP contribution in [0.25, 0.3) is 10.9 Å². The monoisotopic (exact) mass is 271 g/mol. The summed E-state index contributed by atoms with van der Waals surface area (Å²) < 4.78 is 14.2. The number of pyridine rings is 1. The van der Waals surface area contributed by atoms with Crippen LogP contribution in [0.15, 0.2) is 36.8 Å². The number of hydrogen-bond donors (Lipinski definition) is 3. The van der Waals surface area contributed by atoms with Crippen molar-refractivity contribution in [3.8, 4) is 0 Å². The molecule has 0 bridgehead atoms. The van der Waals surface area contributed by atoms with E-state index in [-0.39, 0.29) is 6.04 Å². The Morgan fingerprint density at radius 1 is 1.35 bits per heavy atom. The Kier molecular flexibility index (Phi) is 2.98. The third-order valence-corrected chi connectivity index (χ3v) is 3.17. The molecule has 6 heteroatoms. The van der Waals surface area contributed by atoms with Crippen LogP contribution in [0.2, 0.25) is 0 Å². The molecule has 2 heterocycles. The highest BCUT2D eigenvalue weighted by Crippen LogP contribution is 2.31. The molecule has 3 rings (SSSR count). The minimum absolute atomic E-state index is 0.173. The molecular formula is C14H14FN5. The number of hydrogen-bond acceptors (Lipinski definition) is 4. The largest absolute Gasteiger partial charge is 0.398 e. The normalized spacial score (nSPS) is 12.5. The number of imidazole rings is 1. The van der Waals surface area contributed by atoms with Gasteiger partial charge in [-0.3, -0.25) is 4.98 Å². The van der Waals surface area contributed by atoms with Gasteiger partial charge in [0.05, 0.1) is 17.2 Å². The lowest BCUT2D eigenvalue weighted by Crippen LogP contribution is -2.11. The number of aromatic nitrogens is 3. The lowest BCUT2D eigenvalue weighted by atomic mass is 10.1. The van der Waals surface area contributed by atoms with Crippen molar-refractivity contribution in [2.75, 3.05) is 11.1 Å². The number of benzene rings is 1. The van der Waals surface area contributed by atoms with Gasteiger partial charge in [0.1, 0.15) is 5.82 Å². The zero-order valence-electron chi connectivity index (χ0n) is 10.9. The van der Waals surface area contributed by atoms with Gasteiger partial charge in [0.15, 0.2) is 5.82 Å². The van der Waals surface area contributed by atoms with E-state index in [1.165, 1.54) is 6.07 Å². The van der Waals surface area contributed by atoms with Gasteiger partial charge in [-0.15, -0.1) is 0 Å². The molecule has 0 spiro atoms. The molecule has 0 fully saturated rings. The van der Waals surface area contributed by atoms with Crippen molar-refractivity contribution >= 4 is 22.3 Å². The van der Waals surface area contributed by atoms with Crippen LogP contribution in [0, 0.1) is 5.82 Å². The van der Waals surface area contributed by atoms with Crippen molar-refractivity contribution in [2.24, 2.45) is 0 Å². The Labute approximate surface area is 115 Å². The summed E-state index contributed by atoms with van der Waals surface area (Å²) in [6.07, 6.45) is 5.00. The second-order valence-electron chi connectivity index (χ2n) is 4.56. The van der Waals surface area contributed by atoms with E-state index in [2.05, 4.69) is 20.3 Å². The standard InChI is InChI=1S/C14H14FN5/c1-8(14-18-5-6-19-14)20-13-10(15)7-11(16)9-3-2-4-17-12(9)13/h2-8,20H,16H2,1H3,(H,18,19). The van der Waals surface area contributed by atoms with Gasteiger partial charge in [-0.25, -0.2) is 9.37 Å². The van der Waals surface area contributed by atoms with E-state index in [9.17, 15) is 4.39 Å². The first-order chi connectivity index (χ1) is 9.66. The number of rotatable bonds is 3. The lowest BCUT2D eigenvalue weighted by molar-refractivity contribution is 0.628. The molecule has 4 N–H and O–H groups in total. The number of nitrogen functional groups attached to an aromatic ring is 1. The molecule has 0 saturated heterocycles. The highest BCUT2D eigenvalue weighted by atomic mass is 19.1. The van der Waals surface area contributed by atoms with Gasteiger partial charge < -0.3 is 16.0 Å². The summed E-state index contributed by atoms with van der Waals surface area (Å²) in [7, 11) is 0. The topological polar surface area (TPSA) is 79.6 Å². The number of H-pyrrole nitrogens is 1. The fourth-order valence-corrected chi connectivity index (χ4v) is 2.17. The van der Waals surface area contributed by atoms with Crippen molar-refractivity contribution in [2.45, 2.75) is 13.0 Å². The smallest absolute Gasteiger partial charge is 0.150 e. The molecule has 0 aliphatic heterocycles. The molecule has 0 aliphatic rings.